The number of carbonyl (C=O) groups excluding carboxylic acids is 1. The Hall–Kier alpha value is -0.314. The van der Waals surface area contributed by atoms with Gasteiger partial charge in [0.2, 0.25) is 0 Å². The quantitative estimate of drug-likeness (QED) is 0.519. The van der Waals surface area contributed by atoms with Crippen molar-refractivity contribution in [3.8, 4) is 0 Å². The van der Waals surface area contributed by atoms with Crippen molar-refractivity contribution in [3.05, 3.63) is 47.4 Å². The fraction of sp³-hybridized carbons (Fsp3) is 0.333. The van der Waals surface area contributed by atoms with Crippen LogP contribution in [0.5, 0.6) is 0 Å². The van der Waals surface area contributed by atoms with Crippen LogP contribution < -0.4 is 12.4 Å². The molecule has 0 aromatic heterocycles. The summed E-state index contributed by atoms with van der Waals surface area (Å²) in [6.45, 7) is 4.44. The molecule has 0 spiro atoms. The molecule has 3 heteroatoms. The Morgan fingerprint density at radius 2 is 1.83 bits per heavy atom. The molecule has 2 aliphatic carbocycles. The van der Waals surface area contributed by atoms with Crippen LogP contribution >= 0.6 is 0 Å². The Kier molecular flexibility index (Phi) is 4.68. The average molecular weight is 271 g/mol. The minimum atomic E-state index is 0. The number of carbonyl (C=O) groups is 1. The Bertz CT molecular complexity index is 493. The second-order valence-electron chi connectivity index (χ2n) is 5.38. The van der Waals surface area contributed by atoms with Crippen molar-refractivity contribution in [3.63, 3.8) is 0 Å². The summed E-state index contributed by atoms with van der Waals surface area (Å²) in [5.41, 5.74) is 2.65. The van der Waals surface area contributed by atoms with E-state index in [1.54, 1.807) is 6.08 Å². The van der Waals surface area contributed by atoms with E-state index in [4.69, 9.17) is 0 Å². The van der Waals surface area contributed by atoms with Crippen molar-refractivity contribution in [2.75, 3.05) is 0 Å². The van der Waals surface area contributed by atoms with Crippen LogP contribution in [0.3, 0.4) is 0 Å². The summed E-state index contributed by atoms with van der Waals surface area (Å²) < 4.78 is 0. The summed E-state index contributed by atoms with van der Waals surface area (Å²) in [5.74, 6) is 1.67. The summed E-state index contributed by atoms with van der Waals surface area (Å²) >= 11 is 0. The average Bonchev–Trinajstić information content (AvgIpc) is 2.87. The first-order valence-corrected chi connectivity index (χ1v) is 5.77. The minimum Gasteiger partial charge on any atom is -1.00 e. The van der Waals surface area contributed by atoms with Gasteiger partial charge in [0, 0.05) is 0 Å². The number of rotatable bonds is 1. The molecule has 0 radical (unpaired) electrons. The number of hydrogen-bond donors (Lipinski definition) is 0. The number of hydrogen-bond acceptors (Lipinski definition) is 1. The molecule has 2 aliphatic rings. The smallest absolute Gasteiger partial charge is 1.00 e. The standard InChI is InChI=1S/C15H15O.ClH.Mg/c1-15(2)9-12(15)14-11-6-4-3-5-10(11)7-8-13(14)16;;/h3-8,14H,9H2,1-2H3;1H;/q-1;;+2/p-1. The van der Waals surface area contributed by atoms with Crippen molar-refractivity contribution in [1.82, 2.24) is 0 Å². The zero-order valence-electron chi connectivity index (χ0n) is 10.7. The van der Waals surface area contributed by atoms with E-state index in [0.29, 0.717) is 0 Å². The van der Waals surface area contributed by atoms with Crippen LogP contribution in [0.4, 0.5) is 0 Å². The van der Waals surface area contributed by atoms with Crippen LogP contribution in [0.2, 0.25) is 0 Å². The van der Waals surface area contributed by atoms with Crippen LogP contribution in [-0.4, -0.2) is 28.8 Å². The van der Waals surface area contributed by atoms with Crippen molar-refractivity contribution >= 4 is 34.9 Å². The predicted molar refractivity (Wildman–Crippen MR) is 70.6 cm³/mol. The molecule has 1 saturated carbocycles. The van der Waals surface area contributed by atoms with Gasteiger partial charge in [-0.15, -0.1) is 0 Å². The predicted octanol–water partition coefficient (Wildman–Crippen LogP) is -0.00631. The SMILES string of the molecule is CC1(C)C[C-]1C1C(=O)C=Cc2ccccc21.[Cl-].[Mg+2]. The molecule has 18 heavy (non-hydrogen) atoms. The molecule has 1 aromatic rings. The monoisotopic (exact) mass is 270 g/mol. The zero-order chi connectivity index (χ0) is 11.3. The van der Waals surface area contributed by atoms with Crippen LogP contribution in [0, 0.1) is 11.3 Å². The third-order valence-corrected chi connectivity index (χ3v) is 3.74. The number of ketones is 1. The van der Waals surface area contributed by atoms with Gasteiger partial charge in [-0.05, 0) is 11.6 Å². The van der Waals surface area contributed by atoms with E-state index in [1.165, 1.54) is 17.0 Å². The number of benzene rings is 1. The van der Waals surface area contributed by atoms with Gasteiger partial charge in [-0.2, -0.15) is 11.8 Å². The Balaban J connectivity index is 0.000000810. The first kappa shape index (κ1) is 15.7. The molecule has 0 bridgehead atoms. The molecule has 1 fully saturated rings. The van der Waals surface area contributed by atoms with E-state index < -0.39 is 0 Å². The molecule has 1 atom stereocenters. The van der Waals surface area contributed by atoms with Gasteiger partial charge in [-0.1, -0.05) is 55.7 Å². The van der Waals surface area contributed by atoms with Crippen molar-refractivity contribution in [2.45, 2.75) is 26.2 Å². The molecule has 1 aromatic carbocycles. The Morgan fingerprint density at radius 3 is 2.44 bits per heavy atom. The maximum absolute atomic E-state index is 12.0. The third kappa shape index (κ3) is 2.51. The molecule has 3 rings (SSSR count). The molecule has 0 N–H and O–H groups in total. The van der Waals surface area contributed by atoms with Crippen LogP contribution in [0.15, 0.2) is 30.3 Å². The normalized spacial score (nSPS) is 23.7. The van der Waals surface area contributed by atoms with E-state index in [0.717, 1.165) is 6.42 Å². The fourth-order valence-corrected chi connectivity index (χ4v) is 2.63. The summed E-state index contributed by atoms with van der Waals surface area (Å²) in [6, 6.07) is 8.22. The van der Waals surface area contributed by atoms with Gasteiger partial charge in [-0.3, -0.25) is 10.7 Å². The second kappa shape index (κ2) is 5.36. The molecule has 1 unspecified atom stereocenters. The van der Waals surface area contributed by atoms with Gasteiger partial charge >= 0.3 is 23.1 Å². The van der Waals surface area contributed by atoms with Crippen LogP contribution in [0.25, 0.3) is 6.08 Å². The summed E-state index contributed by atoms with van der Waals surface area (Å²) in [4.78, 5) is 12.0. The Labute approximate surface area is 131 Å². The second-order valence-corrected chi connectivity index (χ2v) is 5.38. The van der Waals surface area contributed by atoms with Gasteiger partial charge in [0.1, 0.15) is 5.78 Å². The van der Waals surface area contributed by atoms with Gasteiger partial charge in [0.15, 0.2) is 0 Å². The maximum atomic E-state index is 12.0. The number of fused-ring (bicyclic) bond motifs is 1. The minimum absolute atomic E-state index is 0. The molecular formula is C15H15ClMgO. The molecule has 0 heterocycles. The molecule has 0 amide bonds. The number of allylic oxidation sites excluding steroid dienone is 1. The summed E-state index contributed by atoms with van der Waals surface area (Å²) in [5, 5.41) is 0. The van der Waals surface area contributed by atoms with E-state index in [-0.39, 0.29) is 52.6 Å². The van der Waals surface area contributed by atoms with Gasteiger partial charge < -0.3 is 12.4 Å². The first-order valence-electron chi connectivity index (χ1n) is 5.77. The van der Waals surface area contributed by atoms with E-state index in [1.807, 2.05) is 18.2 Å². The summed E-state index contributed by atoms with van der Waals surface area (Å²) in [6.07, 6.45) is 4.75. The molecule has 90 valence electrons. The largest absolute Gasteiger partial charge is 2.00 e. The molecule has 1 nitrogen and oxygen atoms in total. The van der Waals surface area contributed by atoms with Gasteiger partial charge in [0.05, 0.1) is 0 Å². The maximum Gasteiger partial charge on any atom is 2.00 e. The van der Waals surface area contributed by atoms with Gasteiger partial charge in [0.25, 0.3) is 0 Å². The topological polar surface area (TPSA) is 17.1 Å². The number of halogens is 1. The van der Waals surface area contributed by atoms with E-state index in [2.05, 4.69) is 26.0 Å². The van der Waals surface area contributed by atoms with E-state index in [9.17, 15) is 4.79 Å². The van der Waals surface area contributed by atoms with E-state index >= 15 is 0 Å². The first-order chi connectivity index (χ1) is 7.59. The fourth-order valence-electron chi connectivity index (χ4n) is 2.63. The molecule has 0 aliphatic heterocycles. The molecular weight excluding hydrogens is 256 g/mol. The van der Waals surface area contributed by atoms with Crippen molar-refractivity contribution in [1.29, 1.82) is 0 Å². The van der Waals surface area contributed by atoms with Crippen molar-refractivity contribution in [2.24, 2.45) is 5.41 Å². The third-order valence-electron chi connectivity index (χ3n) is 3.74. The molecule has 0 saturated heterocycles. The van der Waals surface area contributed by atoms with Crippen LogP contribution in [-0.2, 0) is 4.79 Å². The van der Waals surface area contributed by atoms with Crippen LogP contribution in [0.1, 0.15) is 37.3 Å². The Morgan fingerprint density at radius 1 is 1.22 bits per heavy atom. The zero-order valence-corrected chi connectivity index (χ0v) is 12.9. The summed E-state index contributed by atoms with van der Waals surface area (Å²) in [7, 11) is 0. The van der Waals surface area contributed by atoms with Crippen molar-refractivity contribution < 1.29 is 17.2 Å². The van der Waals surface area contributed by atoms with Gasteiger partial charge in [-0.25, -0.2) is 0 Å².